The first kappa shape index (κ1) is 11.8. The zero-order chi connectivity index (χ0) is 13.9. The highest BCUT2D eigenvalue weighted by atomic mass is 15.4. The van der Waals surface area contributed by atoms with E-state index < -0.39 is 0 Å². The first-order valence-corrected chi connectivity index (χ1v) is 8.11. The maximum atomic E-state index is 2.48. The molecule has 3 aromatic rings. The Hall–Kier alpha value is -1.86. The molecule has 2 aliphatic rings. The van der Waals surface area contributed by atoms with Crippen molar-refractivity contribution in [3.8, 4) is 0 Å². The van der Waals surface area contributed by atoms with Crippen LogP contribution in [0.4, 0.5) is 0 Å². The third-order valence-corrected chi connectivity index (χ3v) is 5.59. The molecule has 5 rings (SSSR count). The largest absolute Gasteiger partial charge is 0.316 e. The lowest BCUT2D eigenvalue weighted by atomic mass is 9.98. The minimum Gasteiger partial charge on any atom is -0.316 e. The summed E-state index contributed by atoms with van der Waals surface area (Å²) in [5, 5.41) is 5.60. The SMILES string of the molecule is c1ccc2c(c1)ccc1cc3c(cc12)C[N+]1(CCCC1)C3. The summed E-state index contributed by atoms with van der Waals surface area (Å²) in [4.78, 5) is 0. The van der Waals surface area contributed by atoms with Gasteiger partial charge in [0.05, 0.1) is 13.1 Å². The first-order valence-electron chi connectivity index (χ1n) is 8.11. The Bertz CT molecular complexity index is 856. The van der Waals surface area contributed by atoms with Crippen molar-refractivity contribution in [2.24, 2.45) is 0 Å². The van der Waals surface area contributed by atoms with E-state index in [0.29, 0.717) is 0 Å². The molecule has 0 bridgehead atoms. The molecule has 0 aliphatic carbocycles. The quantitative estimate of drug-likeness (QED) is 0.414. The molecule has 104 valence electrons. The van der Waals surface area contributed by atoms with Crippen molar-refractivity contribution >= 4 is 21.5 Å². The van der Waals surface area contributed by atoms with E-state index in [-0.39, 0.29) is 0 Å². The van der Waals surface area contributed by atoms with E-state index in [0.717, 1.165) is 0 Å². The summed E-state index contributed by atoms with van der Waals surface area (Å²) in [6.45, 7) is 5.28. The molecule has 0 N–H and O–H groups in total. The van der Waals surface area contributed by atoms with E-state index in [9.17, 15) is 0 Å². The molecule has 1 saturated heterocycles. The summed E-state index contributed by atoms with van der Waals surface area (Å²) < 4.78 is 1.32. The Kier molecular flexibility index (Phi) is 2.29. The maximum Gasteiger partial charge on any atom is 0.105 e. The molecule has 21 heavy (non-hydrogen) atoms. The van der Waals surface area contributed by atoms with Crippen molar-refractivity contribution in [3.63, 3.8) is 0 Å². The minimum atomic E-state index is 1.26. The standard InChI is InChI=1S/C20H20N/c1-2-6-19-15(5-1)7-8-16-11-17-13-21(9-3-4-10-21)14-18(17)12-20(16)19/h1-2,5-8,11-12H,3-4,9-10,13-14H2/q+1. The van der Waals surface area contributed by atoms with E-state index in [4.69, 9.17) is 0 Å². The van der Waals surface area contributed by atoms with Crippen LogP contribution >= 0.6 is 0 Å². The molecule has 1 spiro atoms. The van der Waals surface area contributed by atoms with Crippen LogP contribution < -0.4 is 0 Å². The fourth-order valence-corrected chi connectivity index (χ4v) is 4.54. The van der Waals surface area contributed by atoms with Gasteiger partial charge in [0, 0.05) is 24.0 Å². The summed E-state index contributed by atoms with van der Waals surface area (Å²) in [6, 6.07) is 18.3. The van der Waals surface area contributed by atoms with Gasteiger partial charge in [0.2, 0.25) is 0 Å². The summed E-state index contributed by atoms with van der Waals surface area (Å²) in [5.74, 6) is 0. The van der Waals surface area contributed by atoms with Crippen LogP contribution in [0.1, 0.15) is 24.0 Å². The average molecular weight is 274 g/mol. The number of hydrogen-bond acceptors (Lipinski definition) is 0. The van der Waals surface area contributed by atoms with Gasteiger partial charge in [0.25, 0.3) is 0 Å². The van der Waals surface area contributed by atoms with E-state index in [1.807, 2.05) is 0 Å². The minimum absolute atomic E-state index is 1.26. The summed E-state index contributed by atoms with van der Waals surface area (Å²) in [7, 11) is 0. The third-order valence-electron chi connectivity index (χ3n) is 5.59. The Morgan fingerprint density at radius 3 is 2.24 bits per heavy atom. The van der Waals surface area contributed by atoms with Crippen molar-refractivity contribution in [2.75, 3.05) is 13.1 Å². The third kappa shape index (κ3) is 1.67. The van der Waals surface area contributed by atoms with Crippen LogP contribution in [-0.4, -0.2) is 17.6 Å². The molecule has 1 fully saturated rings. The van der Waals surface area contributed by atoms with E-state index >= 15 is 0 Å². The second kappa shape index (κ2) is 4.08. The molecule has 1 nitrogen and oxygen atoms in total. The van der Waals surface area contributed by atoms with Crippen LogP contribution in [0.15, 0.2) is 48.5 Å². The molecule has 0 amide bonds. The number of fused-ring (bicyclic) bond motifs is 4. The number of nitrogens with zero attached hydrogens (tertiary/aromatic N) is 1. The molecule has 2 aliphatic heterocycles. The van der Waals surface area contributed by atoms with E-state index in [2.05, 4.69) is 48.5 Å². The Morgan fingerprint density at radius 1 is 0.667 bits per heavy atom. The molecule has 0 aromatic heterocycles. The number of rotatable bonds is 0. The topological polar surface area (TPSA) is 0 Å². The molecule has 1 heteroatoms. The lowest BCUT2D eigenvalue weighted by molar-refractivity contribution is -0.936. The van der Waals surface area contributed by atoms with Crippen LogP contribution in [-0.2, 0) is 13.1 Å². The molecule has 0 radical (unpaired) electrons. The summed E-state index contributed by atoms with van der Waals surface area (Å²) in [6.07, 6.45) is 2.83. The van der Waals surface area contributed by atoms with Gasteiger partial charge in [-0.3, -0.25) is 0 Å². The maximum absolute atomic E-state index is 2.48. The van der Waals surface area contributed by atoms with Crippen molar-refractivity contribution in [1.82, 2.24) is 0 Å². The van der Waals surface area contributed by atoms with Crippen molar-refractivity contribution in [1.29, 1.82) is 0 Å². The normalized spacial score (nSPS) is 19.6. The lowest BCUT2D eigenvalue weighted by Gasteiger charge is -2.28. The second-order valence-corrected chi connectivity index (χ2v) is 6.94. The van der Waals surface area contributed by atoms with Gasteiger partial charge in [-0.2, -0.15) is 0 Å². The number of quaternary nitrogens is 1. The van der Waals surface area contributed by atoms with Gasteiger partial charge >= 0.3 is 0 Å². The van der Waals surface area contributed by atoms with Gasteiger partial charge in [-0.05, 0) is 33.7 Å². The molecular formula is C20H20N+. The lowest BCUT2D eigenvalue weighted by Crippen LogP contribution is -2.39. The predicted octanol–water partition coefficient (Wildman–Crippen LogP) is 4.62. The molecular weight excluding hydrogens is 254 g/mol. The van der Waals surface area contributed by atoms with Crippen molar-refractivity contribution < 1.29 is 4.48 Å². The fourth-order valence-electron chi connectivity index (χ4n) is 4.54. The zero-order valence-electron chi connectivity index (χ0n) is 12.3. The van der Waals surface area contributed by atoms with Gasteiger partial charge in [-0.25, -0.2) is 0 Å². The zero-order valence-corrected chi connectivity index (χ0v) is 12.3. The highest BCUT2D eigenvalue weighted by Crippen LogP contribution is 2.38. The highest BCUT2D eigenvalue weighted by molar-refractivity contribution is 6.07. The van der Waals surface area contributed by atoms with Crippen LogP contribution in [0.3, 0.4) is 0 Å². The van der Waals surface area contributed by atoms with E-state index in [1.54, 1.807) is 11.1 Å². The van der Waals surface area contributed by atoms with Gasteiger partial charge < -0.3 is 4.48 Å². The van der Waals surface area contributed by atoms with Crippen molar-refractivity contribution in [2.45, 2.75) is 25.9 Å². The van der Waals surface area contributed by atoms with Crippen LogP contribution in [0.25, 0.3) is 21.5 Å². The Morgan fingerprint density at radius 2 is 1.38 bits per heavy atom. The van der Waals surface area contributed by atoms with Gasteiger partial charge in [0.15, 0.2) is 0 Å². The Balaban J connectivity index is 1.75. The Labute approximate surface area is 125 Å². The van der Waals surface area contributed by atoms with E-state index in [1.165, 1.54) is 65.0 Å². The van der Waals surface area contributed by atoms with Gasteiger partial charge in [-0.1, -0.05) is 36.4 Å². The predicted molar refractivity (Wildman–Crippen MR) is 88.1 cm³/mol. The summed E-state index contributed by atoms with van der Waals surface area (Å²) >= 11 is 0. The average Bonchev–Trinajstić information content (AvgIpc) is 3.11. The molecule has 3 aromatic carbocycles. The van der Waals surface area contributed by atoms with Crippen molar-refractivity contribution in [3.05, 3.63) is 59.7 Å². The van der Waals surface area contributed by atoms with Crippen LogP contribution in [0.5, 0.6) is 0 Å². The van der Waals surface area contributed by atoms with Gasteiger partial charge in [-0.15, -0.1) is 0 Å². The van der Waals surface area contributed by atoms with Gasteiger partial charge in [0.1, 0.15) is 13.1 Å². The summed E-state index contributed by atoms with van der Waals surface area (Å²) in [5.41, 5.74) is 3.19. The first-order chi connectivity index (χ1) is 10.3. The smallest absolute Gasteiger partial charge is 0.105 e. The number of benzene rings is 3. The number of hydrogen-bond donors (Lipinski definition) is 0. The monoisotopic (exact) mass is 274 g/mol. The highest BCUT2D eigenvalue weighted by Gasteiger charge is 2.38. The fraction of sp³-hybridized carbons (Fsp3) is 0.300. The van der Waals surface area contributed by atoms with Crippen LogP contribution in [0, 0.1) is 0 Å². The molecule has 0 unspecified atom stereocenters. The molecule has 0 saturated carbocycles. The molecule has 0 atom stereocenters. The van der Waals surface area contributed by atoms with Crippen LogP contribution in [0.2, 0.25) is 0 Å². The molecule has 2 heterocycles. The second-order valence-electron chi connectivity index (χ2n) is 6.94.